The Labute approximate surface area is 284 Å². The van der Waals surface area contributed by atoms with Gasteiger partial charge in [0.15, 0.2) is 0 Å². The summed E-state index contributed by atoms with van der Waals surface area (Å²) < 4.78 is 22.6. The average Bonchev–Trinajstić information content (AvgIpc) is 3.00. The second-order valence-corrected chi connectivity index (χ2v) is 15.3. The molecule has 8 nitrogen and oxygen atoms in total. The van der Waals surface area contributed by atoms with E-state index >= 15 is 0 Å². The van der Waals surface area contributed by atoms with E-state index in [1.165, 1.54) is 116 Å². The van der Waals surface area contributed by atoms with E-state index in [1.54, 1.807) is 13.0 Å². The number of carbonyl (C=O) groups excluding carboxylic acids is 1. The third-order valence-electron chi connectivity index (χ3n) is 8.23. The van der Waals surface area contributed by atoms with E-state index in [1.807, 2.05) is 27.2 Å². The van der Waals surface area contributed by atoms with E-state index in [4.69, 9.17) is 9.05 Å². The first-order valence-electron chi connectivity index (χ1n) is 18.7. The highest BCUT2D eigenvalue weighted by atomic mass is 31.2. The number of allylic oxidation sites excluding steroid dienone is 3. The van der Waals surface area contributed by atoms with Crippen LogP contribution in [0.3, 0.4) is 0 Å². The number of hydrogen-bond donors (Lipinski definition) is 2. The molecule has 0 aromatic carbocycles. The number of likely N-dealkylation sites (N-methyl/N-ethyl adjacent to an activating group) is 1. The zero-order valence-electron chi connectivity index (χ0n) is 30.5. The van der Waals surface area contributed by atoms with E-state index < -0.39 is 26.6 Å². The van der Waals surface area contributed by atoms with Gasteiger partial charge in [0.05, 0.1) is 39.9 Å². The van der Waals surface area contributed by atoms with Crippen molar-refractivity contribution in [1.29, 1.82) is 0 Å². The topological polar surface area (TPSA) is 108 Å². The van der Waals surface area contributed by atoms with Crippen LogP contribution in [-0.4, -0.2) is 68.5 Å². The molecule has 0 saturated carbocycles. The molecular formula is C37H73N2O6P. The summed E-state index contributed by atoms with van der Waals surface area (Å²) in [5, 5.41) is 13.2. The number of carbonyl (C=O) groups is 1. The number of amides is 1. The number of phosphoric acid groups is 1. The molecule has 0 aliphatic heterocycles. The number of hydrogen-bond acceptors (Lipinski definition) is 6. The molecule has 0 aliphatic carbocycles. The third-order valence-corrected chi connectivity index (χ3v) is 9.19. The van der Waals surface area contributed by atoms with Crippen molar-refractivity contribution in [1.82, 2.24) is 5.32 Å². The molecule has 0 fully saturated rings. The summed E-state index contributed by atoms with van der Waals surface area (Å²) in [6.45, 7) is 4.05. The Bertz CT molecular complexity index is 814. The lowest BCUT2D eigenvalue weighted by Crippen LogP contribution is -2.45. The third kappa shape index (κ3) is 31.6. The second-order valence-electron chi connectivity index (χ2n) is 13.9. The van der Waals surface area contributed by atoms with Crippen LogP contribution in [0.5, 0.6) is 0 Å². The Kier molecular flexibility index (Phi) is 29.4. The minimum atomic E-state index is -4.55. The van der Waals surface area contributed by atoms with Gasteiger partial charge in [-0.15, -0.1) is 0 Å². The molecule has 1 amide bonds. The molecule has 0 radical (unpaired) electrons. The van der Waals surface area contributed by atoms with Gasteiger partial charge in [0.2, 0.25) is 5.91 Å². The maximum absolute atomic E-state index is 12.1. The van der Waals surface area contributed by atoms with Gasteiger partial charge in [-0.05, 0) is 25.7 Å². The van der Waals surface area contributed by atoms with Crippen molar-refractivity contribution in [2.75, 3.05) is 40.9 Å². The van der Waals surface area contributed by atoms with Crippen LogP contribution in [0.2, 0.25) is 0 Å². The first-order valence-corrected chi connectivity index (χ1v) is 20.2. The van der Waals surface area contributed by atoms with Crippen LogP contribution in [0, 0.1) is 0 Å². The van der Waals surface area contributed by atoms with E-state index in [9.17, 15) is 19.4 Å². The fourth-order valence-corrected chi connectivity index (χ4v) is 5.85. The van der Waals surface area contributed by atoms with Crippen LogP contribution in [0.4, 0.5) is 0 Å². The molecule has 3 atom stereocenters. The lowest BCUT2D eigenvalue weighted by atomic mass is 10.0. The molecule has 46 heavy (non-hydrogen) atoms. The summed E-state index contributed by atoms with van der Waals surface area (Å²) in [6, 6.07) is -0.895. The van der Waals surface area contributed by atoms with E-state index in [2.05, 4.69) is 24.4 Å². The van der Waals surface area contributed by atoms with Crippen molar-refractivity contribution < 1.29 is 32.9 Å². The number of unbranched alkanes of at least 4 members (excludes halogenated alkanes) is 19. The second kappa shape index (κ2) is 30.1. The molecule has 272 valence electrons. The quantitative estimate of drug-likeness (QED) is 0.0312. The molecule has 0 heterocycles. The van der Waals surface area contributed by atoms with Gasteiger partial charge in [0.1, 0.15) is 13.2 Å². The zero-order chi connectivity index (χ0) is 34.4. The molecule has 0 rings (SSSR count). The lowest BCUT2D eigenvalue weighted by molar-refractivity contribution is -0.870. The fourth-order valence-electron chi connectivity index (χ4n) is 5.13. The molecule has 0 bridgehead atoms. The van der Waals surface area contributed by atoms with Gasteiger partial charge in [-0.1, -0.05) is 147 Å². The summed E-state index contributed by atoms with van der Waals surface area (Å²) in [5.74, 6) is -0.296. The van der Waals surface area contributed by atoms with Crippen molar-refractivity contribution in [2.45, 2.75) is 167 Å². The normalized spacial score (nSPS) is 15.0. The molecule has 2 N–H and O–H groups in total. The van der Waals surface area contributed by atoms with Crippen molar-refractivity contribution in [2.24, 2.45) is 0 Å². The monoisotopic (exact) mass is 673 g/mol. The molecule has 0 spiro atoms. The minimum Gasteiger partial charge on any atom is -0.756 e. The van der Waals surface area contributed by atoms with Gasteiger partial charge < -0.3 is 28.8 Å². The maximum atomic E-state index is 12.1. The number of aliphatic hydroxyl groups is 1. The van der Waals surface area contributed by atoms with Crippen LogP contribution in [0.15, 0.2) is 24.3 Å². The first kappa shape index (κ1) is 45.0. The van der Waals surface area contributed by atoms with Crippen molar-refractivity contribution in [3.05, 3.63) is 24.3 Å². The van der Waals surface area contributed by atoms with Crippen LogP contribution in [0.1, 0.15) is 155 Å². The highest BCUT2D eigenvalue weighted by Crippen LogP contribution is 2.38. The van der Waals surface area contributed by atoms with E-state index in [0.29, 0.717) is 11.0 Å². The van der Waals surface area contributed by atoms with Crippen LogP contribution in [0.25, 0.3) is 0 Å². The van der Waals surface area contributed by atoms with Crippen LogP contribution in [-0.2, 0) is 18.4 Å². The van der Waals surface area contributed by atoms with Crippen LogP contribution < -0.4 is 10.2 Å². The van der Waals surface area contributed by atoms with Crippen molar-refractivity contribution in [3.8, 4) is 0 Å². The number of quaternary nitrogens is 1. The summed E-state index contributed by atoms with van der Waals surface area (Å²) in [5.41, 5.74) is 0. The van der Waals surface area contributed by atoms with E-state index in [0.717, 1.165) is 19.3 Å². The molecule has 9 heteroatoms. The molecule has 0 aromatic rings. The SMILES string of the molecule is CCCCCCCCCCCCCCCCCCCC/C=C/CC/C=C/C(O)C(COP(=O)([O-])OCC[N+](C)(C)C)NC(=O)CC. The number of nitrogens with one attached hydrogen (secondary N) is 1. The predicted molar refractivity (Wildman–Crippen MR) is 192 cm³/mol. The summed E-state index contributed by atoms with van der Waals surface area (Å²) in [6.07, 6.45) is 34.7. The lowest BCUT2D eigenvalue weighted by Gasteiger charge is -2.29. The Morgan fingerprint density at radius 2 is 1.20 bits per heavy atom. The van der Waals surface area contributed by atoms with Gasteiger partial charge in [-0.3, -0.25) is 9.36 Å². The number of rotatable bonds is 33. The van der Waals surface area contributed by atoms with Gasteiger partial charge in [-0.2, -0.15) is 0 Å². The van der Waals surface area contributed by atoms with E-state index in [-0.39, 0.29) is 18.9 Å². The number of phosphoric ester groups is 1. The Hall–Kier alpha value is -1.02. The zero-order valence-corrected chi connectivity index (χ0v) is 31.4. The van der Waals surface area contributed by atoms with Gasteiger partial charge in [-0.25, -0.2) is 0 Å². The minimum absolute atomic E-state index is 0.00816. The predicted octanol–water partition coefficient (Wildman–Crippen LogP) is 8.77. The fraction of sp³-hybridized carbons (Fsp3) is 0.865. The Balaban J connectivity index is 3.90. The van der Waals surface area contributed by atoms with Gasteiger partial charge >= 0.3 is 0 Å². The Morgan fingerprint density at radius 3 is 1.67 bits per heavy atom. The number of nitrogens with zero attached hydrogens (tertiary/aromatic N) is 1. The first-order chi connectivity index (χ1) is 22.0. The highest BCUT2D eigenvalue weighted by molar-refractivity contribution is 7.45. The van der Waals surface area contributed by atoms with Gasteiger partial charge in [0.25, 0.3) is 7.82 Å². The maximum Gasteiger partial charge on any atom is 0.268 e. The summed E-state index contributed by atoms with van der Waals surface area (Å²) >= 11 is 0. The highest BCUT2D eigenvalue weighted by Gasteiger charge is 2.22. The molecular weight excluding hydrogens is 599 g/mol. The summed E-state index contributed by atoms with van der Waals surface area (Å²) in [7, 11) is 1.23. The molecule has 3 unspecified atom stereocenters. The van der Waals surface area contributed by atoms with Crippen LogP contribution >= 0.6 is 7.82 Å². The van der Waals surface area contributed by atoms with Gasteiger partial charge in [0, 0.05) is 6.42 Å². The van der Waals surface area contributed by atoms with Crippen molar-refractivity contribution >= 4 is 13.7 Å². The Morgan fingerprint density at radius 1 is 0.739 bits per heavy atom. The standard InChI is InChI=1S/C37H73N2O6P/c1-6-8-9-10-11-12-13-14-15-16-17-18-19-20-21-22-23-24-25-26-27-28-29-30-31-36(40)35(38-37(41)7-2)34-45-46(42,43)44-33-32-39(3,4)5/h26-27,30-31,35-36,40H,6-25,28-29,32-34H2,1-5H3,(H-,38,41,42,43)/b27-26+,31-30+. The molecule has 0 aliphatic rings. The molecule has 0 saturated heterocycles. The number of aliphatic hydroxyl groups excluding tert-OH is 1. The molecule has 0 aromatic heterocycles. The average molecular weight is 673 g/mol. The largest absolute Gasteiger partial charge is 0.756 e. The summed E-state index contributed by atoms with van der Waals surface area (Å²) in [4.78, 5) is 24.1. The van der Waals surface area contributed by atoms with Crippen molar-refractivity contribution in [3.63, 3.8) is 0 Å². The smallest absolute Gasteiger partial charge is 0.268 e.